The van der Waals surface area contributed by atoms with E-state index < -0.39 is 0 Å². The van der Waals surface area contributed by atoms with Gasteiger partial charge in [0.15, 0.2) is 5.78 Å². The van der Waals surface area contributed by atoms with Gasteiger partial charge < -0.3 is 4.57 Å². The van der Waals surface area contributed by atoms with Crippen LogP contribution >= 0.6 is 11.6 Å². The van der Waals surface area contributed by atoms with Crippen molar-refractivity contribution in [3.05, 3.63) is 58.9 Å². The summed E-state index contributed by atoms with van der Waals surface area (Å²) >= 11 is 6.06. The van der Waals surface area contributed by atoms with Gasteiger partial charge in [0.05, 0.1) is 0 Å². The van der Waals surface area contributed by atoms with E-state index >= 15 is 0 Å². The third-order valence-electron chi connectivity index (χ3n) is 2.47. The molecule has 3 heteroatoms. The molecule has 1 aromatic heterocycles. The molecule has 0 aliphatic rings. The molecular weight excluding hydrogens is 222 g/mol. The molecule has 82 valence electrons. The number of ketones is 1. The van der Waals surface area contributed by atoms with Crippen molar-refractivity contribution in [2.24, 2.45) is 0 Å². The molecule has 0 saturated heterocycles. The Morgan fingerprint density at radius 2 is 2.06 bits per heavy atom. The molecule has 0 aliphatic heterocycles. The summed E-state index contributed by atoms with van der Waals surface area (Å²) in [5.41, 5.74) is 1.78. The van der Waals surface area contributed by atoms with E-state index in [0.29, 0.717) is 6.54 Å². The molecule has 0 unspecified atom stereocenters. The molecule has 1 heterocycles. The van der Waals surface area contributed by atoms with E-state index in [-0.39, 0.29) is 5.78 Å². The number of hydrogen-bond acceptors (Lipinski definition) is 1. The number of carbonyl (C=O) groups excluding carboxylic acids is 1. The van der Waals surface area contributed by atoms with Crippen LogP contribution in [-0.4, -0.2) is 10.4 Å². The maximum Gasteiger partial charge on any atom is 0.161 e. The zero-order chi connectivity index (χ0) is 11.5. The molecule has 2 rings (SSSR count). The van der Waals surface area contributed by atoms with Gasteiger partial charge in [-0.3, -0.25) is 4.79 Å². The van der Waals surface area contributed by atoms with E-state index in [1.54, 1.807) is 6.92 Å². The zero-order valence-electron chi connectivity index (χ0n) is 8.98. The molecule has 0 atom stereocenters. The summed E-state index contributed by atoms with van der Waals surface area (Å²) in [5.74, 6) is 0.0814. The molecule has 1 aromatic carbocycles. The monoisotopic (exact) mass is 233 g/mol. The minimum absolute atomic E-state index is 0.0814. The van der Waals surface area contributed by atoms with Crippen molar-refractivity contribution in [1.29, 1.82) is 0 Å². The van der Waals surface area contributed by atoms with Crippen LogP contribution < -0.4 is 0 Å². The topological polar surface area (TPSA) is 22.0 Å². The lowest BCUT2D eigenvalue weighted by Crippen LogP contribution is -1.97. The molecule has 0 aliphatic carbocycles. The number of nitrogens with zero attached hydrogens (tertiary/aromatic N) is 1. The van der Waals surface area contributed by atoms with Crippen LogP contribution in [0.25, 0.3) is 0 Å². The SMILES string of the molecule is CC(=O)c1ccn(Cc2ccccc2Cl)c1. The average molecular weight is 234 g/mol. The number of hydrogen-bond donors (Lipinski definition) is 0. The second-order valence-corrected chi connectivity index (χ2v) is 4.13. The average Bonchev–Trinajstić information content (AvgIpc) is 2.70. The fourth-order valence-corrected chi connectivity index (χ4v) is 1.77. The van der Waals surface area contributed by atoms with Gasteiger partial charge in [0.1, 0.15) is 0 Å². The van der Waals surface area contributed by atoms with Crippen LogP contribution in [-0.2, 0) is 6.54 Å². The summed E-state index contributed by atoms with van der Waals surface area (Å²) in [7, 11) is 0. The minimum atomic E-state index is 0.0814. The Hall–Kier alpha value is -1.54. The highest BCUT2D eigenvalue weighted by Gasteiger charge is 2.03. The lowest BCUT2D eigenvalue weighted by molar-refractivity contribution is 0.101. The van der Waals surface area contributed by atoms with Crippen molar-refractivity contribution in [3.8, 4) is 0 Å². The Balaban J connectivity index is 2.21. The number of rotatable bonds is 3. The Morgan fingerprint density at radius 1 is 1.31 bits per heavy atom. The van der Waals surface area contributed by atoms with Gasteiger partial charge in [-0.1, -0.05) is 29.8 Å². The molecule has 0 radical (unpaired) electrons. The summed E-state index contributed by atoms with van der Waals surface area (Å²) in [5, 5.41) is 0.751. The first-order chi connectivity index (χ1) is 7.66. The Kier molecular flexibility index (Phi) is 3.11. The molecule has 0 saturated carbocycles. The standard InChI is InChI=1S/C13H12ClNO/c1-10(16)11-6-7-15(8-11)9-12-4-2-3-5-13(12)14/h2-8H,9H2,1H3. The van der Waals surface area contributed by atoms with Crippen molar-refractivity contribution in [2.45, 2.75) is 13.5 Å². The molecule has 0 spiro atoms. The summed E-state index contributed by atoms with van der Waals surface area (Å²) in [6, 6.07) is 9.53. The van der Waals surface area contributed by atoms with Crippen molar-refractivity contribution < 1.29 is 4.79 Å². The number of aromatic nitrogens is 1. The second kappa shape index (κ2) is 4.54. The van der Waals surface area contributed by atoms with E-state index in [1.807, 2.05) is 47.3 Å². The van der Waals surface area contributed by atoms with Crippen molar-refractivity contribution in [2.75, 3.05) is 0 Å². The highest BCUT2D eigenvalue weighted by Crippen LogP contribution is 2.16. The molecule has 16 heavy (non-hydrogen) atoms. The van der Waals surface area contributed by atoms with Crippen LogP contribution in [0.3, 0.4) is 0 Å². The number of Topliss-reactive ketones (excluding diaryl/α,β-unsaturated/α-hetero) is 1. The van der Waals surface area contributed by atoms with E-state index in [0.717, 1.165) is 16.1 Å². The molecule has 0 fully saturated rings. The normalized spacial score (nSPS) is 10.4. The molecule has 0 amide bonds. The van der Waals surface area contributed by atoms with Gasteiger partial charge in [-0.25, -0.2) is 0 Å². The quantitative estimate of drug-likeness (QED) is 0.745. The lowest BCUT2D eigenvalue weighted by atomic mass is 10.2. The second-order valence-electron chi connectivity index (χ2n) is 3.72. The lowest BCUT2D eigenvalue weighted by Gasteiger charge is -2.04. The molecular formula is C13H12ClNO. The zero-order valence-corrected chi connectivity index (χ0v) is 9.74. The van der Waals surface area contributed by atoms with Crippen molar-refractivity contribution >= 4 is 17.4 Å². The molecule has 0 N–H and O–H groups in total. The van der Waals surface area contributed by atoms with Gasteiger partial charge in [0.25, 0.3) is 0 Å². The smallest absolute Gasteiger partial charge is 0.161 e. The fourth-order valence-electron chi connectivity index (χ4n) is 1.57. The summed E-state index contributed by atoms with van der Waals surface area (Å²) in [6.07, 6.45) is 3.73. The summed E-state index contributed by atoms with van der Waals surface area (Å²) in [4.78, 5) is 11.1. The van der Waals surface area contributed by atoms with Crippen molar-refractivity contribution in [1.82, 2.24) is 4.57 Å². The first-order valence-electron chi connectivity index (χ1n) is 5.07. The summed E-state index contributed by atoms with van der Waals surface area (Å²) < 4.78 is 1.96. The van der Waals surface area contributed by atoms with E-state index in [1.165, 1.54) is 0 Å². The van der Waals surface area contributed by atoms with Crippen LogP contribution in [0.15, 0.2) is 42.7 Å². The Bertz CT molecular complexity index is 516. The predicted octanol–water partition coefficient (Wildman–Crippen LogP) is 3.39. The maximum atomic E-state index is 11.1. The largest absolute Gasteiger partial charge is 0.349 e. The van der Waals surface area contributed by atoms with Crippen LogP contribution in [0, 0.1) is 0 Å². The van der Waals surface area contributed by atoms with E-state index in [4.69, 9.17) is 11.6 Å². The van der Waals surface area contributed by atoms with Gasteiger partial charge in [0.2, 0.25) is 0 Å². The van der Waals surface area contributed by atoms with Crippen molar-refractivity contribution in [3.63, 3.8) is 0 Å². The molecule has 2 aromatic rings. The summed E-state index contributed by atoms with van der Waals surface area (Å²) in [6.45, 7) is 2.25. The fraction of sp³-hybridized carbons (Fsp3) is 0.154. The number of benzene rings is 1. The molecule has 2 nitrogen and oxygen atoms in total. The Morgan fingerprint density at radius 3 is 2.69 bits per heavy atom. The van der Waals surface area contributed by atoms with Crippen LogP contribution in [0.4, 0.5) is 0 Å². The third kappa shape index (κ3) is 2.34. The van der Waals surface area contributed by atoms with Crippen LogP contribution in [0.5, 0.6) is 0 Å². The van der Waals surface area contributed by atoms with E-state index in [9.17, 15) is 4.79 Å². The van der Waals surface area contributed by atoms with Gasteiger partial charge >= 0.3 is 0 Å². The first kappa shape index (κ1) is 11.0. The van der Waals surface area contributed by atoms with Gasteiger partial charge in [0, 0.05) is 29.5 Å². The number of carbonyl (C=O) groups is 1. The molecule has 0 bridgehead atoms. The maximum absolute atomic E-state index is 11.1. The van der Waals surface area contributed by atoms with Gasteiger partial charge in [-0.15, -0.1) is 0 Å². The number of halogens is 1. The van der Waals surface area contributed by atoms with Gasteiger partial charge in [-0.05, 0) is 24.6 Å². The Labute approximate surface area is 99.5 Å². The highest BCUT2D eigenvalue weighted by molar-refractivity contribution is 6.31. The van der Waals surface area contributed by atoms with Crippen LogP contribution in [0.2, 0.25) is 5.02 Å². The third-order valence-corrected chi connectivity index (χ3v) is 2.84. The van der Waals surface area contributed by atoms with E-state index in [2.05, 4.69) is 0 Å². The predicted molar refractivity (Wildman–Crippen MR) is 65.0 cm³/mol. The van der Waals surface area contributed by atoms with Crippen LogP contribution in [0.1, 0.15) is 22.8 Å². The minimum Gasteiger partial charge on any atom is -0.349 e. The first-order valence-corrected chi connectivity index (χ1v) is 5.45. The highest BCUT2D eigenvalue weighted by atomic mass is 35.5. The van der Waals surface area contributed by atoms with Gasteiger partial charge in [-0.2, -0.15) is 0 Å².